The van der Waals surface area contributed by atoms with Crippen LogP contribution in [0.4, 0.5) is 4.39 Å². The van der Waals surface area contributed by atoms with E-state index >= 15 is 0 Å². The lowest BCUT2D eigenvalue weighted by Gasteiger charge is -2.20. The first-order valence-corrected chi connectivity index (χ1v) is 9.07. The third kappa shape index (κ3) is 3.16. The van der Waals surface area contributed by atoms with Crippen LogP contribution in [-0.4, -0.2) is 17.9 Å². The maximum atomic E-state index is 14.0. The largest absolute Gasteiger partial charge is 0.368 e. The highest BCUT2D eigenvalue weighted by Gasteiger charge is 2.35. The summed E-state index contributed by atoms with van der Waals surface area (Å²) >= 11 is 0. The Labute approximate surface area is 162 Å². The Morgan fingerprint density at radius 1 is 0.893 bits per heavy atom. The predicted molar refractivity (Wildman–Crippen MR) is 105 cm³/mol. The number of rotatable bonds is 5. The average molecular weight is 374 g/mol. The van der Waals surface area contributed by atoms with Crippen LogP contribution in [0.1, 0.15) is 22.6 Å². The normalized spacial score (nSPS) is 13.5. The van der Waals surface area contributed by atoms with Gasteiger partial charge < -0.3 is 11.1 Å². The Morgan fingerprint density at radius 2 is 1.43 bits per heavy atom. The van der Waals surface area contributed by atoms with Gasteiger partial charge in [-0.05, 0) is 33.9 Å². The van der Waals surface area contributed by atoms with Crippen LogP contribution < -0.4 is 11.1 Å². The molecule has 0 radical (unpaired) electrons. The molecule has 0 unspecified atom stereocenters. The second-order valence-electron chi connectivity index (χ2n) is 6.87. The highest BCUT2D eigenvalue weighted by atomic mass is 19.1. The van der Waals surface area contributed by atoms with Crippen molar-refractivity contribution in [3.63, 3.8) is 0 Å². The number of fused-ring (bicyclic) bond motifs is 3. The van der Waals surface area contributed by atoms with Crippen LogP contribution in [0.2, 0.25) is 0 Å². The summed E-state index contributed by atoms with van der Waals surface area (Å²) in [6.07, 6.45) is 0.00373. The number of hydrogen-bond acceptors (Lipinski definition) is 2. The first-order valence-electron chi connectivity index (χ1n) is 9.07. The highest BCUT2D eigenvalue weighted by Crippen LogP contribution is 2.44. The van der Waals surface area contributed by atoms with Crippen LogP contribution in [0.15, 0.2) is 72.8 Å². The predicted octanol–water partition coefficient (Wildman–Crippen LogP) is 3.15. The molecule has 1 aliphatic rings. The average Bonchev–Trinajstić information content (AvgIpc) is 3.03. The van der Waals surface area contributed by atoms with Gasteiger partial charge in [-0.1, -0.05) is 66.7 Å². The van der Waals surface area contributed by atoms with Crippen LogP contribution in [0, 0.1) is 5.82 Å². The molecule has 0 aromatic heterocycles. The van der Waals surface area contributed by atoms with E-state index in [1.165, 1.54) is 6.07 Å². The van der Waals surface area contributed by atoms with Crippen LogP contribution in [0.25, 0.3) is 11.1 Å². The SMILES string of the molecule is NC(=O)[C@H](Cc1ccccc1F)NC(=O)C1c2ccccc2-c2ccccc21. The van der Waals surface area contributed by atoms with Crippen molar-refractivity contribution in [3.05, 3.63) is 95.3 Å². The van der Waals surface area contributed by atoms with Gasteiger partial charge in [0.15, 0.2) is 0 Å². The van der Waals surface area contributed by atoms with E-state index in [1.807, 2.05) is 48.5 Å². The van der Waals surface area contributed by atoms with Gasteiger partial charge in [-0.3, -0.25) is 9.59 Å². The fourth-order valence-corrected chi connectivity index (χ4v) is 3.80. The maximum Gasteiger partial charge on any atom is 0.240 e. The molecule has 3 N–H and O–H groups in total. The lowest BCUT2D eigenvalue weighted by molar-refractivity contribution is -0.127. The molecule has 3 aromatic rings. The number of carbonyl (C=O) groups excluding carboxylic acids is 2. The summed E-state index contributed by atoms with van der Waals surface area (Å²) in [7, 11) is 0. The zero-order chi connectivity index (χ0) is 19.7. The zero-order valence-electron chi connectivity index (χ0n) is 15.1. The van der Waals surface area contributed by atoms with Crippen LogP contribution in [-0.2, 0) is 16.0 Å². The van der Waals surface area contributed by atoms with Gasteiger partial charge in [-0.15, -0.1) is 0 Å². The summed E-state index contributed by atoms with van der Waals surface area (Å²) in [5.74, 6) is -1.98. The topological polar surface area (TPSA) is 72.2 Å². The van der Waals surface area contributed by atoms with Gasteiger partial charge in [0.05, 0.1) is 5.92 Å². The molecule has 0 saturated heterocycles. The van der Waals surface area contributed by atoms with Crippen molar-refractivity contribution in [2.75, 3.05) is 0 Å². The molecule has 0 fully saturated rings. The standard InChI is InChI=1S/C23H19FN2O2/c24-19-12-6-1-7-14(19)13-20(22(25)27)26-23(28)21-17-10-4-2-8-15(17)16-9-3-5-11-18(16)21/h1-12,20-21H,13H2,(H2,25,27)(H,26,28)/t20-/m0/s1. The van der Waals surface area contributed by atoms with Crippen LogP contribution >= 0.6 is 0 Å². The third-order valence-corrected chi connectivity index (χ3v) is 5.14. The van der Waals surface area contributed by atoms with E-state index < -0.39 is 23.7 Å². The minimum Gasteiger partial charge on any atom is -0.368 e. The van der Waals surface area contributed by atoms with E-state index in [2.05, 4.69) is 5.32 Å². The number of nitrogens with two attached hydrogens (primary N) is 1. The fourth-order valence-electron chi connectivity index (χ4n) is 3.80. The number of benzene rings is 3. The summed E-state index contributed by atoms with van der Waals surface area (Å²) in [4.78, 5) is 25.1. The van der Waals surface area contributed by atoms with E-state index in [9.17, 15) is 14.0 Å². The lowest BCUT2D eigenvalue weighted by atomic mass is 9.95. The summed E-state index contributed by atoms with van der Waals surface area (Å²) in [5, 5.41) is 2.74. The molecular weight excluding hydrogens is 355 g/mol. The highest BCUT2D eigenvalue weighted by molar-refractivity contribution is 5.98. The van der Waals surface area contributed by atoms with E-state index in [-0.39, 0.29) is 12.3 Å². The Hall–Kier alpha value is -3.47. The first kappa shape index (κ1) is 17.9. The summed E-state index contributed by atoms with van der Waals surface area (Å²) in [5.41, 5.74) is 9.60. The Morgan fingerprint density at radius 3 is 2.00 bits per heavy atom. The maximum absolute atomic E-state index is 14.0. The molecule has 5 heteroatoms. The van der Waals surface area contributed by atoms with Crippen molar-refractivity contribution < 1.29 is 14.0 Å². The molecule has 28 heavy (non-hydrogen) atoms. The second kappa shape index (κ2) is 7.27. The first-order chi connectivity index (χ1) is 13.6. The number of hydrogen-bond donors (Lipinski definition) is 2. The molecular formula is C23H19FN2O2. The molecule has 0 spiro atoms. The molecule has 1 atom stereocenters. The molecule has 4 rings (SSSR count). The number of nitrogens with one attached hydrogen (secondary N) is 1. The van der Waals surface area contributed by atoms with Crippen molar-refractivity contribution in [1.29, 1.82) is 0 Å². The minimum absolute atomic E-state index is 0.00373. The van der Waals surface area contributed by atoms with Crippen molar-refractivity contribution in [2.45, 2.75) is 18.4 Å². The zero-order valence-corrected chi connectivity index (χ0v) is 15.1. The lowest BCUT2D eigenvalue weighted by Crippen LogP contribution is -2.47. The van der Waals surface area contributed by atoms with E-state index in [1.54, 1.807) is 18.2 Å². The minimum atomic E-state index is -0.996. The molecule has 140 valence electrons. The molecule has 3 aromatic carbocycles. The van der Waals surface area contributed by atoms with Crippen LogP contribution in [0.3, 0.4) is 0 Å². The third-order valence-electron chi connectivity index (χ3n) is 5.14. The smallest absolute Gasteiger partial charge is 0.240 e. The van der Waals surface area contributed by atoms with E-state index in [0.29, 0.717) is 5.56 Å². The van der Waals surface area contributed by atoms with Gasteiger partial charge >= 0.3 is 0 Å². The number of halogens is 1. The van der Waals surface area contributed by atoms with Crippen molar-refractivity contribution in [1.82, 2.24) is 5.32 Å². The van der Waals surface area contributed by atoms with Crippen LogP contribution in [0.5, 0.6) is 0 Å². The van der Waals surface area contributed by atoms with Gasteiger partial charge in [0.1, 0.15) is 11.9 Å². The van der Waals surface area contributed by atoms with Crippen molar-refractivity contribution >= 4 is 11.8 Å². The number of primary amides is 1. The van der Waals surface area contributed by atoms with Gasteiger partial charge in [0, 0.05) is 6.42 Å². The number of carbonyl (C=O) groups is 2. The molecule has 0 aliphatic heterocycles. The Bertz CT molecular complexity index is 1020. The summed E-state index contributed by atoms with van der Waals surface area (Å²) in [6.45, 7) is 0. The van der Waals surface area contributed by atoms with Crippen molar-refractivity contribution in [3.8, 4) is 11.1 Å². The summed E-state index contributed by atoms with van der Waals surface area (Å²) < 4.78 is 14.0. The molecule has 0 heterocycles. The Kier molecular flexibility index (Phi) is 4.65. The monoisotopic (exact) mass is 374 g/mol. The number of amides is 2. The molecule has 0 bridgehead atoms. The molecule has 4 nitrogen and oxygen atoms in total. The second-order valence-corrected chi connectivity index (χ2v) is 6.87. The quantitative estimate of drug-likeness (QED) is 0.720. The van der Waals surface area contributed by atoms with E-state index in [4.69, 9.17) is 5.73 Å². The van der Waals surface area contributed by atoms with Gasteiger partial charge in [0.25, 0.3) is 0 Å². The van der Waals surface area contributed by atoms with E-state index in [0.717, 1.165) is 22.3 Å². The van der Waals surface area contributed by atoms with Gasteiger partial charge in [0.2, 0.25) is 11.8 Å². The molecule has 2 amide bonds. The van der Waals surface area contributed by atoms with Crippen molar-refractivity contribution in [2.24, 2.45) is 5.73 Å². The van der Waals surface area contributed by atoms with Gasteiger partial charge in [-0.25, -0.2) is 4.39 Å². The van der Waals surface area contributed by atoms with Gasteiger partial charge in [-0.2, -0.15) is 0 Å². The molecule has 0 saturated carbocycles. The fraction of sp³-hybridized carbons (Fsp3) is 0.130. The Balaban J connectivity index is 1.63. The molecule has 1 aliphatic carbocycles. The summed E-state index contributed by atoms with van der Waals surface area (Å²) in [6, 6.07) is 20.6.